The second kappa shape index (κ2) is 6.26. The predicted octanol–water partition coefficient (Wildman–Crippen LogP) is 5.49. The average Bonchev–Trinajstić information content (AvgIpc) is 3.30. The van der Waals surface area contributed by atoms with Crippen molar-refractivity contribution in [3.8, 4) is 11.1 Å². The Balaban J connectivity index is 1.69. The molecule has 5 rings (SSSR count). The lowest BCUT2D eigenvalue weighted by Gasteiger charge is -2.19. The van der Waals surface area contributed by atoms with Gasteiger partial charge < -0.3 is 4.90 Å². The molecule has 1 aliphatic heterocycles. The summed E-state index contributed by atoms with van der Waals surface area (Å²) in [7, 11) is 0. The molecule has 1 saturated heterocycles. The smallest absolute Gasteiger partial charge is 0.225 e. The molecule has 0 spiro atoms. The van der Waals surface area contributed by atoms with Gasteiger partial charge in [0.1, 0.15) is 10.6 Å². The zero-order valence-corrected chi connectivity index (χ0v) is 15.7. The molecule has 0 unspecified atom stereocenters. The van der Waals surface area contributed by atoms with Crippen LogP contribution < -0.4 is 4.90 Å². The van der Waals surface area contributed by atoms with Gasteiger partial charge in [0.25, 0.3) is 0 Å². The van der Waals surface area contributed by atoms with E-state index in [2.05, 4.69) is 38.4 Å². The predicted molar refractivity (Wildman–Crippen MR) is 106 cm³/mol. The monoisotopic (exact) mass is 369 g/mol. The molecule has 5 heteroatoms. The summed E-state index contributed by atoms with van der Waals surface area (Å²) in [6.07, 6.45) is 7.49. The number of rotatable bonds is 2. The van der Waals surface area contributed by atoms with Crippen LogP contribution in [0.1, 0.15) is 36.8 Å². The second-order valence-corrected chi connectivity index (χ2v) is 8.23. The van der Waals surface area contributed by atoms with Gasteiger partial charge in [-0.05, 0) is 66.8 Å². The van der Waals surface area contributed by atoms with Crippen LogP contribution in [0.25, 0.3) is 21.3 Å². The Bertz CT molecular complexity index is 944. The first-order chi connectivity index (χ1) is 12.3. The van der Waals surface area contributed by atoms with Gasteiger partial charge in [0, 0.05) is 24.0 Å². The van der Waals surface area contributed by atoms with Crippen LogP contribution >= 0.6 is 22.9 Å². The van der Waals surface area contributed by atoms with Gasteiger partial charge in [-0.1, -0.05) is 18.2 Å². The lowest BCUT2D eigenvalue weighted by atomic mass is 9.89. The lowest BCUT2D eigenvalue weighted by molar-refractivity contribution is 0.686. The fraction of sp³-hybridized carbons (Fsp3) is 0.400. The van der Waals surface area contributed by atoms with Crippen molar-refractivity contribution in [2.75, 3.05) is 18.0 Å². The topological polar surface area (TPSA) is 29.0 Å². The number of halogens is 1. The SMILES string of the molecule is Clc1nc(N2CCCC2)c2c(-c3ccc4c(c3)CCCC4)csc2n1. The van der Waals surface area contributed by atoms with E-state index >= 15 is 0 Å². The standard InChI is InChI=1S/C20H20ClN3S/c21-20-22-18(24-9-3-4-10-24)17-16(12-25-19(17)23-20)15-8-7-13-5-1-2-6-14(13)11-15/h7-8,11-12H,1-6,9-10H2. The summed E-state index contributed by atoms with van der Waals surface area (Å²) < 4.78 is 0. The Morgan fingerprint density at radius 3 is 2.60 bits per heavy atom. The Morgan fingerprint density at radius 2 is 1.76 bits per heavy atom. The van der Waals surface area contributed by atoms with Gasteiger partial charge in [0.15, 0.2) is 0 Å². The van der Waals surface area contributed by atoms with Gasteiger partial charge in [-0.15, -0.1) is 11.3 Å². The van der Waals surface area contributed by atoms with Gasteiger partial charge in [0.05, 0.1) is 5.39 Å². The highest BCUT2D eigenvalue weighted by Crippen LogP contribution is 2.40. The van der Waals surface area contributed by atoms with Crippen LogP contribution in [0.2, 0.25) is 5.28 Å². The number of fused-ring (bicyclic) bond motifs is 2. The van der Waals surface area contributed by atoms with Crippen molar-refractivity contribution in [2.24, 2.45) is 0 Å². The van der Waals surface area contributed by atoms with Crippen LogP contribution in [0.3, 0.4) is 0 Å². The molecule has 25 heavy (non-hydrogen) atoms. The number of benzene rings is 1. The molecule has 3 nitrogen and oxygen atoms in total. The molecule has 128 valence electrons. The molecule has 0 bridgehead atoms. The molecule has 0 atom stereocenters. The van der Waals surface area contributed by atoms with E-state index in [1.165, 1.54) is 66.2 Å². The number of aryl methyl sites for hydroxylation is 2. The normalized spacial score (nSPS) is 17.2. The summed E-state index contributed by atoms with van der Waals surface area (Å²) in [5, 5.41) is 3.75. The number of anilines is 1. The molecular weight excluding hydrogens is 350 g/mol. The zero-order valence-electron chi connectivity index (χ0n) is 14.1. The third-order valence-electron chi connectivity index (χ3n) is 5.45. The molecule has 3 heterocycles. The summed E-state index contributed by atoms with van der Waals surface area (Å²) in [6, 6.07) is 6.98. The molecular formula is C20H20ClN3S. The van der Waals surface area contributed by atoms with Crippen molar-refractivity contribution in [3.05, 3.63) is 40.0 Å². The van der Waals surface area contributed by atoms with Crippen molar-refractivity contribution in [1.29, 1.82) is 0 Å². The van der Waals surface area contributed by atoms with Gasteiger partial charge >= 0.3 is 0 Å². The molecule has 1 aliphatic carbocycles. The maximum absolute atomic E-state index is 6.21. The number of nitrogens with zero attached hydrogens (tertiary/aromatic N) is 3. The zero-order chi connectivity index (χ0) is 16.8. The van der Waals surface area contributed by atoms with Gasteiger partial charge in [-0.3, -0.25) is 0 Å². The van der Waals surface area contributed by atoms with Crippen molar-refractivity contribution >= 4 is 39.0 Å². The van der Waals surface area contributed by atoms with E-state index in [1.54, 1.807) is 11.3 Å². The molecule has 1 aromatic carbocycles. The molecule has 0 saturated carbocycles. The van der Waals surface area contributed by atoms with Crippen LogP contribution in [0.5, 0.6) is 0 Å². The van der Waals surface area contributed by atoms with Gasteiger partial charge in [-0.25, -0.2) is 4.98 Å². The first kappa shape index (κ1) is 15.6. The molecule has 3 aromatic rings. The van der Waals surface area contributed by atoms with Crippen molar-refractivity contribution < 1.29 is 0 Å². The molecule has 0 radical (unpaired) electrons. The number of hydrogen-bond donors (Lipinski definition) is 0. The highest BCUT2D eigenvalue weighted by Gasteiger charge is 2.22. The quantitative estimate of drug-likeness (QED) is 0.559. The first-order valence-electron chi connectivity index (χ1n) is 9.11. The van der Waals surface area contributed by atoms with Gasteiger partial charge in [0.2, 0.25) is 5.28 Å². The van der Waals surface area contributed by atoms with Crippen LogP contribution in [0.15, 0.2) is 23.6 Å². The molecule has 0 N–H and O–H groups in total. The maximum Gasteiger partial charge on any atom is 0.225 e. The van der Waals surface area contributed by atoms with Crippen LogP contribution in [-0.4, -0.2) is 23.1 Å². The minimum atomic E-state index is 0.355. The van der Waals surface area contributed by atoms with Crippen molar-refractivity contribution in [1.82, 2.24) is 9.97 Å². The van der Waals surface area contributed by atoms with E-state index in [-0.39, 0.29) is 0 Å². The van der Waals surface area contributed by atoms with E-state index < -0.39 is 0 Å². The highest BCUT2D eigenvalue weighted by atomic mass is 35.5. The first-order valence-corrected chi connectivity index (χ1v) is 10.4. The van der Waals surface area contributed by atoms with Crippen molar-refractivity contribution in [3.63, 3.8) is 0 Å². The number of hydrogen-bond acceptors (Lipinski definition) is 4. The largest absolute Gasteiger partial charge is 0.356 e. The minimum Gasteiger partial charge on any atom is -0.356 e. The summed E-state index contributed by atoms with van der Waals surface area (Å²) in [5.74, 6) is 1.02. The van der Waals surface area contributed by atoms with Gasteiger partial charge in [-0.2, -0.15) is 4.98 Å². The number of aromatic nitrogens is 2. The summed E-state index contributed by atoms with van der Waals surface area (Å²) in [6.45, 7) is 2.11. The number of thiophene rings is 1. The lowest BCUT2D eigenvalue weighted by Crippen LogP contribution is -2.19. The Morgan fingerprint density at radius 1 is 0.960 bits per heavy atom. The van der Waals surface area contributed by atoms with E-state index in [0.717, 1.165) is 23.7 Å². The summed E-state index contributed by atoms with van der Waals surface area (Å²) in [5.41, 5.74) is 5.58. The third-order valence-corrected chi connectivity index (χ3v) is 6.49. The van der Waals surface area contributed by atoms with E-state index in [1.807, 2.05) is 0 Å². The minimum absolute atomic E-state index is 0.355. The average molecular weight is 370 g/mol. The highest BCUT2D eigenvalue weighted by molar-refractivity contribution is 7.17. The van der Waals surface area contributed by atoms with Crippen LogP contribution in [0, 0.1) is 0 Å². The second-order valence-electron chi connectivity index (χ2n) is 7.03. The Kier molecular flexibility index (Phi) is 3.90. The maximum atomic E-state index is 6.21. The summed E-state index contributed by atoms with van der Waals surface area (Å²) >= 11 is 7.88. The van der Waals surface area contributed by atoms with E-state index in [0.29, 0.717) is 5.28 Å². The third kappa shape index (κ3) is 2.72. The summed E-state index contributed by atoms with van der Waals surface area (Å²) in [4.78, 5) is 12.5. The van der Waals surface area contributed by atoms with Crippen LogP contribution in [-0.2, 0) is 12.8 Å². The van der Waals surface area contributed by atoms with Crippen molar-refractivity contribution in [2.45, 2.75) is 38.5 Å². The molecule has 0 amide bonds. The Labute approximate surface area is 156 Å². The van der Waals surface area contributed by atoms with Crippen LogP contribution in [0.4, 0.5) is 5.82 Å². The fourth-order valence-electron chi connectivity index (χ4n) is 4.17. The fourth-order valence-corrected chi connectivity index (χ4v) is 5.33. The molecule has 2 aromatic heterocycles. The Hall–Kier alpha value is -1.65. The molecule has 2 aliphatic rings. The van der Waals surface area contributed by atoms with E-state index in [9.17, 15) is 0 Å². The van der Waals surface area contributed by atoms with E-state index in [4.69, 9.17) is 11.6 Å². The molecule has 1 fully saturated rings.